The second kappa shape index (κ2) is 10.0. The number of thiophene rings is 1. The van der Waals surface area contributed by atoms with Gasteiger partial charge in [-0.3, -0.25) is 4.79 Å². The van der Waals surface area contributed by atoms with Crippen LogP contribution in [0.25, 0.3) is 0 Å². The maximum atomic E-state index is 12.3. The van der Waals surface area contributed by atoms with E-state index in [1.807, 2.05) is 11.4 Å². The molecule has 8 heteroatoms. The maximum Gasteiger partial charge on any atom is 0.230 e. The van der Waals surface area contributed by atoms with E-state index in [0.29, 0.717) is 11.7 Å². The van der Waals surface area contributed by atoms with Crippen molar-refractivity contribution in [2.75, 3.05) is 17.6 Å². The van der Waals surface area contributed by atoms with Crippen molar-refractivity contribution in [3.63, 3.8) is 0 Å². The quantitative estimate of drug-likeness (QED) is 0.469. The van der Waals surface area contributed by atoms with Gasteiger partial charge in [0, 0.05) is 11.4 Å². The average molecular weight is 385 g/mol. The summed E-state index contributed by atoms with van der Waals surface area (Å²) in [6.07, 6.45) is 2.26. The Bertz CT molecular complexity index is 613. The van der Waals surface area contributed by atoms with E-state index in [9.17, 15) is 4.79 Å². The summed E-state index contributed by atoms with van der Waals surface area (Å²) in [4.78, 5) is 13.5. The zero-order valence-corrected chi connectivity index (χ0v) is 16.7. The number of thioether (sulfide) groups is 1. The summed E-state index contributed by atoms with van der Waals surface area (Å²) < 4.78 is 0.821. The van der Waals surface area contributed by atoms with Gasteiger partial charge in [0.2, 0.25) is 11.0 Å². The fourth-order valence-electron chi connectivity index (χ4n) is 2.09. The molecule has 0 saturated heterocycles. The van der Waals surface area contributed by atoms with Gasteiger partial charge in [0.1, 0.15) is 0 Å². The highest BCUT2D eigenvalue weighted by atomic mass is 32.2. The number of hydrogen-bond acceptors (Lipinski definition) is 7. The van der Waals surface area contributed by atoms with Crippen molar-refractivity contribution in [3.8, 4) is 0 Å². The number of rotatable bonds is 10. The van der Waals surface area contributed by atoms with Gasteiger partial charge in [-0.1, -0.05) is 56.4 Å². The van der Waals surface area contributed by atoms with E-state index in [1.165, 1.54) is 28.0 Å². The first-order valence-corrected chi connectivity index (χ1v) is 10.8. The predicted octanol–water partition coefficient (Wildman–Crippen LogP) is 4.42. The van der Waals surface area contributed by atoms with Gasteiger partial charge in [0.05, 0.1) is 11.8 Å². The molecular weight excluding hydrogens is 360 g/mol. The number of aromatic nitrogens is 2. The molecule has 0 aliphatic carbocycles. The summed E-state index contributed by atoms with van der Waals surface area (Å²) in [5.74, 6) is 0.745. The van der Waals surface area contributed by atoms with Gasteiger partial charge >= 0.3 is 0 Å². The van der Waals surface area contributed by atoms with Crippen molar-refractivity contribution in [1.82, 2.24) is 15.5 Å². The third-order valence-electron chi connectivity index (χ3n) is 3.37. The first kappa shape index (κ1) is 19.2. The summed E-state index contributed by atoms with van der Waals surface area (Å²) in [6, 6.07) is 4.16. The second-order valence-corrected chi connectivity index (χ2v) is 8.93. The van der Waals surface area contributed by atoms with Crippen LogP contribution in [0.4, 0.5) is 5.13 Å². The molecule has 2 N–H and O–H groups in total. The van der Waals surface area contributed by atoms with Gasteiger partial charge in [-0.2, -0.15) is 0 Å². The molecule has 0 fully saturated rings. The topological polar surface area (TPSA) is 66.9 Å². The first-order valence-electron chi connectivity index (χ1n) is 8.13. The van der Waals surface area contributed by atoms with Crippen LogP contribution in [-0.2, 0) is 4.79 Å². The highest BCUT2D eigenvalue weighted by Gasteiger charge is 2.19. The molecule has 0 aliphatic heterocycles. The summed E-state index contributed by atoms with van der Waals surface area (Å²) in [7, 11) is 0. The molecule has 2 aromatic heterocycles. The second-order valence-electron chi connectivity index (χ2n) is 5.75. The maximum absolute atomic E-state index is 12.3. The van der Waals surface area contributed by atoms with Crippen LogP contribution >= 0.6 is 34.4 Å². The lowest BCUT2D eigenvalue weighted by Gasteiger charge is -2.21. The molecule has 1 unspecified atom stereocenters. The van der Waals surface area contributed by atoms with Gasteiger partial charge in [0.15, 0.2) is 4.34 Å². The zero-order valence-electron chi connectivity index (χ0n) is 14.2. The Morgan fingerprint density at radius 1 is 1.38 bits per heavy atom. The first-order chi connectivity index (χ1) is 11.6. The van der Waals surface area contributed by atoms with Crippen LogP contribution < -0.4 is 10.6 Å². The lowest BCUT2D eigenvalue weighted by molar-refractivity contribution is -0.119. The molecule has 0 bridgehead atoms. The number of amides is 1. The normalized spacial score (nSPS) is 12.3. The molecule has 2 aromatic rings. The van der Waals surface area contributed by atoms with E-state index in [1.54, 1.807) is 11.3 Å². The van der Waals surface area contributed by atoms with Gasteiger partial charge in [-0.25, -0.2) is 0 Å². The number of unbranched alkanes of at least 4 members (excludes halogenated alkanes) is 1. The summed E-state index contributed by atoms with van der Waals surface area (Å²) in [5, 5.41) is 17.5. The van der Waals surface area contributed by atoms with Crippen molar-refractivity contribution >= 4 is 45.5 Å². The van der Waals surface area contributed by atoms with Crippen LogP contribution in [0.3, 0.4) is 0 Å². The molecule has 2 rings (SSSR count). The summed E-state index contributed by atoms with van der Waals surface area (Å²) in [5.41, 5.74) is 0. The molecule has 1 atom stereocenters. The van der Waals surface area contributed by atoms with Crippen molar-refractivity contribution in [3.05, 3.63) is 22.4 Å². The number of carbonyl (C=O) groups is 1. The van der Waals surface area contributed by atoms with E-state index >= 15 is 0 Å². The molecule has 132 valence electrons. The number of anilines is 1. The van der Waals surface area contributed by atoms with Crippen molar-refractivity contribution < 1.29 is 4.79 Å². The van der Waals surface area contributed by atoms with E-state index in [0.717, 1.165) is 28.9 Å². The fraction of sp³-hybridized carbons (Fsp3) is 0.562. The van der Waals surface area contributed by atoms with Gasteiger partial charge in [0.25, 0.3) is 0 Å². The standard InChI is InChI=1S/C16H24N4OS3/c1-4-5-8-17-15-19-20-16(24-15)23-10-13(21)18-14(11(2)3)12-7-6-9-22-12/h6-7,9,11,14H,4-5,8,10H2,1-3H3,(H,17,19)(H,18,21). The minimum absolute atomic E-state index is 0.0304. The molecule has 0 aromatic carbocycles. The van der Waals surface area contributed by atoms with Crippen molar-refractivity contribution in [1.29, 1.82) is 0 Å². The lowest BCUT2D eigenvalue weighted by atomic mass is 10.0. The molecule has 5 nitrogen and oxygen atoms in total. The molecule has 0 radical (unpaired) electrons. The monoisotopic (exact) mass is 384 g/mol. The van der Waals surface area contributed by atoms with E-state index in [4.69, 9.17) is 0 Å². The fourth-order valence-corrected chi connectivity index (χ4v) is 4.63. The van der Waals surface area contributed by atoms with Crippen molar-refractivity contribution in [2.24, 2.45) is 5.92 Å². The number of nitrogens with zero attached hydrogens (tertiary/aromatic N) is 2. The van der Waals surface area contributed by atoms with Crippen LogP contribution in [0.15, 0.2) is 21.9 Å². The Morgan fingerprint density at radius 2 is 2.21 bits per heavy atom. The predicted molar refractivity (Wildman–Crippen MR) is 104 cm³/mol. The van der Waals surface area contributed by atoms with E-state index < -0.39 is 0 Å². The molecular formula is C16H24N4OS3. The van der Waals surface area contributed by atoms with Crippen molar-refractivity contribution in [2.45, 2.75) is 44.0 Å². The molecule has 24 heavy (non-hydrogen) atoms. The highest BCUT2D eigenvalue weighted by Crippen LogP contribution is 2.28. The Kier molecular flexibility index (Phi) is 8.01. The van der Waals surface area contributed by atoms with Crippen LogP contribution in [-0.4, -0.2) is 28.4 Å². The number of hydrogen-bond donors (Lipinski definition) is 2. The third-order valence-corrected chi connectivity index (χ3v) is 6.34. The molecule has 2 heterocycles. The largest absolute Gasteiger partial charge is 0.360 e. The Morgan fingerprint density at radius 3 is 2.88 bits per heavy atom. The molecule has 1 amide bonds. The SMILES string of the molecule is CCCCNc1nnc(SCC(=O)NC(c2cccs2)C(C)C)s1. The zero-order chi connectivity index (χ0) is 17.4. The highest BCUT2D eigenvalue weighted by molar-refractivity contribution is 8.01. The van der Waals surface area contributed by atoms with Gasteiger partial charge in [-0.15, -0.1) is 21.5 Å². The Hall–Kier alpha value is -1.12. The van der Waals surface area contributed by atoms with Gasteiger partial charge in [-0.05, 0) is 23.8 Å². The average Bonchev–Trinajstić information content (AvgIpc) is 3.22. The van der Waals surface area contributed by atoms with Crippen LogP contribution in [0.2, 0.25) is 0 Å². The van der Waals surface area contributed by atoms with Crippen LogP contribution in [0.5, 0.6) is 0 Å². The van der Waals surface area contributed by atoms with Crippen LogP contribution in [0, 0.1) is 5.92 Å². The summed E-state index contributed by atoms with van der Waals surface area (Å²) >= 11 is 4.61. The third kappa shape index (κ3) is 6.07. The lowest BCUT2D eigenvalue weighted by Crippen LogP contribution is -2.32. The Balaban J connectivity index is 1.80. The molecule has 0 spiro atoms. The minimum Gasteiger partial charge on any atom is -0.360 e. The number of carbonyl (C=O) groups excluding carboxylic acids is 1. The smallest absolute Gasteiger partial charge is 0.230 e. The Labute approximate surface area is 155 Å². The van der Waals surface area contributed by atoms with E-state index in [2.05, 4.69) is 47.7 Å². The minimum atomic E-state index is 0.0304. The van der Waals surface area contributed by atoms with E-state index in [-0.39, 0.29) is 11.9 Å². The number of nitrogens with one attached hydrogen (secondary N) is 2. The van der Waals surface area contributed by atoms with Gasteiger partial charge < -0.3 is 10.6 Å². The summed E-state index contributed by atoms with van der Waals surface area (Å²) in [6.45, 7) is 7.31. The van der Waals surface area contributed by atoms with Crippen LogP contribution in [0.1, 0.15) is 44.5 Å². The molecule has 0 saturated carbocycles. The molecule has 0 aliphatic rings.